The second-order valence-electron chi connectivity index (χ2n) is 8.60. The van der Waals surface area contributed by atoms with Gasteiger partial charge in [-0.15, -0.1) is 0 Å². The fourth-order valence-corrected chi connectivity index (χ4v) is 6.52. The lowest BCUT2D eigenvalue weighted by Gasteiger charge is -2.31. The molecule has 0 atom stereocenters. The SMILES string of the molecule is Cc1ccc(S(=O)(=O)c2ccccc2)cc1S(=O)(=O)NC1CCN(C(=O)OCC(C)C)CC1. The number of hydrogen-bond donors (Lipinski definition) is 1. The standard InChI is InChI=1S/C23H30N2O6S2/c1-17(2)16-31-23(26)25-13-11-19(12-14-25)24-33(29,30)22-15-21(10-9-18(22)3)32(27,28)20-7-5-4-6-8-20/h4-10,15,17,19,24H,11-14,16H2,1-3H3. The van der Waals surface area contributed by atoms with Gasteiger partial charge in [0.25, 0.3) is 0 Å². The molecule has 0 unspecified atom stereocenters. The highest BCUT2D eigenvalue weighted by Crippen LogP contribution is 2.26. The highest BCUT2D eigenvalue weighted by atomic mass is 32.2. The van der Waals surface area contributed by atoms with Crippen molar-refractivity contribution in [3.63, 3.8) is 0 Å². The van der Waals surface area contributed by atoms with E-state index in [0.717, 1.165) is 0 Å². The van der Waals surface area contributed by atoms with Gasteiger partial charge in [-0.25, -0.2) is 26.4 Å². The van der Waals surface area contributed by atoms with Crippen LogP contribution < -0.4 is 4.72 Å². The van der Waals surface area contributed by atoms with Gasteiger partial charge in [0, 0.05) is 19.1 Å². The van der Waals surface area contributed by atoms with Crippen LogP contribution >= 0.6 is 0 Å². The molecule has 0 spiro atoms. The van der Waals surface area contributed by atoms with E-state index in [1.165, 1.54) is 30.3 Å². The minimum absolute atomic E-state index is 0.0710. The second kappa shape index (κ2) is 10.2. The van der Waals surface area contributed by atoms with Gasteiger partial charge in [-0.2, -0.15) is 0 Å². The van der Waals surface area contributed by atoms with Crippen molar-refractivity contribution in [1.29, 1.82) is 0 Å². The predicted octanol–water partition coefficient (Wildman–Crippen LogP) is 3.36. The summed E-state index contributed by atoms with van der Waals surface area (Å²) in [6.07, 6.45) is 0.494. The van der Waals surface area contributed by atoms with Crippen LogP contribution in [0.5, 0.6) is 0 Å². The lowest BCUT2D eigenvalue weighted by Crippen LogP contribution is -2.46. The molecule has 1 aliphatic heterocycles. The number of nitrogens with one attached hydrogen (secondary N) is 1. The third kappa shape index (κ3) is 6.13. The predicted molar refractivity (Wildman–Crippen MR) is 124 cm³/mol. The van der Waals surface area contributed by atoms with Crippen LogP contribution in [-0.2, 0) is 24.6 Å². The number of rotatable bonds is 7. The first-order chi connectivity index (χ1) is 15.5. The molecule has 0 aromatic heterocycles. The summed E-state index contributed by atoms with van der Waals surface area (Å²) in [4.78, 5) is 13.6. The summed E-state index contributed by atoms with van der Waals surface area (Å²) in [5, 5.41) is 0. The van der Waals surface area contributed by atoms with E-state index in [0.29, 0.717) is 38.1 Å². The number of sulfonamides is 1. The number of aryl methyl sites for hydroxylation is 1. The van der Waals surface area contributed by atoms with Crippen molar-refractivity contribution in [2.24, 2.45) is 5.92 Å². The molecule has 1 aliphatic rings. The molecule has 1 fully saturated rings. The minimum atomic E-state index is -3.96. The van der Waals surface area contributed by atoms with Gasteiger partial charge in [-0.1, -0.05) is 38.1 Å². The number of sulfone groups is 1. The number of ether oxygens (including phenoxy) is 1. The molecule has 0 aliphatic carbocycles. The molecule has 0 saturated carbocycles. The fraction of sp³-hybridized carbons (Fsp3) is 0.435. The molecule has 0 radical (unpaired) electrons. The maximum Gasteiger partial charge on any atom is 0.409 e. The van der Waals surface area contributed by atoms with Crippen LogP contribution in [0, 0.1) is 12.8 Å². The molecule has 3 rings (SSSR count). The topological polar surface area (TPSA) is 110 Å². The van der Waals surface area contributed by atoms with Gasteiger partial charge < -0.3 is 9.64 Å². The number of nitrogens with zero attached hydrogens (tertiary/aromatic N) is 1. The highest BCUT2D eigenvalue weighted by molar-refractivity contribution is 7.91. The van der Waals surface area contributed by atoms with E-state index in [4.69, 9.17) is 4.74 Å². The highest BCUT2D eigenvalue weighted by Gasteiger charge is 2.29. The van der Waals surface area contributed by atoms with Gasteiger partial charge >= 0.3 is 6.09 Å². The molecule has 8 nitrogen and oxygen atoms in total. The van der Waals surface area contributed by atoms with Crippen LogP contribution in [0.4, 0.5) is 4.79 Å². The molecular formula is C23H30N2O6S2. The van der Waals surface area contributed by atoms with Crippen molar-refractivity contribution in [3.8, 4) is 0 Å². The summed E-state index contributed by atoms with van der Waals surface area (Å²) in [6.45, 7) is 6.64. The summed E-state index contributed by atoms with van der Waals surface area (Å²) in [5.74, 6) is 0.239. The Morgan fingerprint density at radius 2 is 1.67 bits per heavy atom. The van der Waals surface area contributed by atoms with Crippen molar-refractivity contribution in [2.75, 3.05) is 19.7 Å². The molecule has 1 saturated heterocycles. The molecule has 33 heavy (non-hydrogen) atoms. The summed E-state index contributed by atoms with van der Waals surface area (Å²) < 4.78 is 60.0. The number of carbonyl (C=O) groups excluding carboxylic acids is 1. The monoisotopic (exact) mass is 494 g/mol. The van der Waals surface area contributed by atoms with Crippen LogP contribution in [0.2, 0.25) is 0 Å². The Morgan fingerprint density at radius 3 is 2.27 bits per heavy atom. The lowest BCUT2D eigenvalue weighted by atomic mass is 10.1. The Morgan fingerprint density at radius 1 is 1.03 bits per heavy atom. The average Bonchev–Trinajstić information content (AvgIpc) is 2.78. The van der Waals surface area contributed by atoms with Gasteiger partial charge in [-0.3, -0.25) is 0 Å². The Labute approximate surface area is 195 Å². The van der Waals surface area contributed by atoms with Gasteiger partial charge in [0.1, 0.15) is 0 Å². The van der Waals surface area contributed by atoms with E-state index >= 15 is 0 Å². The third-order valence-electron chi connectivity index (χ3n) is 5.43. The zero-order valence-corrected chi connectivity index (χ0v) is 20.7. The lowest BCUT2D eigenvalue weighted by molar-refractivity contribution is 0.0830. The second-order valence-corrected chi connectivity index (χ2v) is 12.2. The zero-order valence-electron chi connectivity index (χ0n) is 19.0. The number of hydrogen-bond acceptors (Lipinski definition) is 6. The Hall–Kier alpha value is -2.43. The smallest absolute Gasteiger partial charge is 0.409 e. The van der Waals surface area contributed by atoms with Crippen molar-refractivity contribution in [1.82, 2.24) is 9.62 Å². The molecule has 1 N–H and O–H groups in total. The van der Waals surface area contributed by atoms with Crippen molar-refractivity contribution < 1.29 is 26.4 Å². The fourth-order valence-electron chi connectivity index (χ4n) is 3.56. The average molecular weight is 495 g/mol. The Kier molecular flexibility index (Phi) is 7.81. The minimum Gasteiger partial charge on any atom is -0.449 e. The normalized spacial score (nSPS) is 15.6. The van der Waals surface area contributed by atoms with Crippen molar-refractivity contribution >= 4 is 26.0 Å². The largest absolute Gasteiger partial charge is 0.449 e. The molecule has 2 aromatic carbocycles. The van der Waals surface area contributed by atoms with E-state index < -0.39 is 19.9 Å². The Bertz CT molecular complexity index is 1190. The zero-order chi connectivity index (χ0) is 24.2. The van der Waals surface area contributed by atoms with Crippen LogP contribution in [0.1, 0.15) is 32.3 Å². The van der Waals surface area contributed by atoms with E-state index in [9.17, 15) is 21.6 Å². The first kappa shape index (κ1) is 25.2. The maximum atomic E-state index is 13.1. The summed E-state index contributed by atoms with van der Waals surface area (Å²) in [6, 6.07) is 11.6. The van der Waals surface area contributed by atoms with Crippen LogP contribution in [0.25, 0.3) is 0 Å². The summed E-state index contributed by atoms with van der Waals surface area (Å²) in [7, 11) is -7.81. The first-order valence-corrected chi connectivity index (χ1v) is 13.8. The molecule has 1 heterocycles. The van der Waals surface area contributed by atoms with Crippen molar-refractivity contribution in [2.45, 2.75) is 54.3 Å². The summed E-state index contributed by atoms with van der Waals surface area (Å²) in [5.41, 5.74) is 0.448. The van der Waals surface area contributed by atoms with Crippen LogP contribution in [0.15, 0.2) is 63.2 Å². The van der Waals surface area contributed by atoms with E-state index in [-0.39, 0.29) is 32.7 Å². The Balaban J connectivity index is 1.72. The number of amides is 1. The molecule has 2 aromatic rings. The number of carbonyl (C=O) groups is 1. The quantitative estimate of drug-likeness (QED) is 0.632. The molecule has 10 heteroatoms. The van der Waals surface area contributed by atoms with Crippen LogP contribution in [-0.4, -0.2) is 53.6 Å². The summed E-state index contributed by atoms with van der Waals surface area (Å²) >= 11 is 0. The maximum absolute atomic E-state index is 13.1. The van der Waals surface area contributed by atoms with Gasteiger partial charge in [-0.05, 0) is 55.5 Å². The number of likely N-dealkylation sites (tertiary alicyclic amines) is 1. The van der Waals surface area contributed by atoms with Gasteiger partial charge in [0.15, 0.2) is 0 Å². The van der Waals surface area contributed by atoms with E-state index in [1.54, 1.807) is 30.0 Å². The third-order valence-corrected chi connectivity index (χ3v) is 8.86. The number of benzene rings is 2. The molecule has 0 bridgehead atoms. The molecular weight excluding hydrogens is 464 g/mol. The van der Waals surface area contributed by atoms with E-state index in [1.807, 2.05) is 13.8 Å². The van der Waals surface area contributed by atoms with Gasteiger partial charge in [0.05, 0.1) is 21.3 Å². The van der Waals surface area contributed by atoms with Crippen LogP contribution in [0.3, 0.4) is 0 Å². The van der Waals surface area contributed by atoms with E-state index in [2.05, 4.69) is 4.72 Å². The molecule has 180 valence electrons. The first-order valence-electron chi connectivity index (χ1n) is 10.9. The van der Waals surface area contributed by atoms with Gasteiger partial charge in [0.2, 0.25) is 19.9 Å². The molecule has 1 amide bonds. The van der Waals surface area contributed by atoms with Crippen molar-refractivity contribution in [3.05, 3.63) is 54.1 Å². The number of piperidine rings is 1.